The maximum Gasteiger partial charge on any atom is 0.0673 e. The van der Waals surface area contributed by atoms with E-state index in [9.17, 15) is 0 Å². The summed E-state index contributed by atoms with van der Waals surface area (Å²) >= 11 is 13.1. The first-order chi connectivity index (χ1) is 8.50. The van der Waals surface area contributed by atoms with E-state index in [-0.39, 0.29) is 0 Å². The number of halogens is 3. The average Bonchev–Trinajstić information content (AvgIpc) is 2.33. The Morgan fingerprint density at radius 3 is 2.28 bits per heavy atom. The molecule has 94 valence electrons. The van der Waals surface area contributed by atoms with Gasteiger partial charge in [0.15, 0.2) is 0 Å². The van der Waals surface area contributed by atoms with Gasteiger partial charge in [0, 0.05) is 14.0 Å². The average molecular weight is 391 g/mol. The van der Waals surface area contributed by atoms with E-state index in [1.807, 2.05) is 25.1 Å². The summed E-state index contributed by atoms with van der Waals surface area (Å²) in [5, 5.41) is 4.00. The van der Waals surface area contributed by atoms with E-state index in [1.165, 1.54) is 0 Å². The van der Waals surface area contributed by atoms with Gasteiger partial charge in [0.05, 0.1) is 17.1 Å². The van der Waals surface area contributed by atoms with Crippen LogP contribution in [0.3, 0.4) is 0 Å². The molecule has 0 unspecified atom stereocenters. The number of hydrogen-bond acceptors (Lipinski definition) is 2. The molecule has 0 aliphatic rings. The van der Waals surface area contributed by atoms with Crippen LogP contribution >= 0.6 is 43.5 Å². The molecule has 0 heterocycles. The lowest BCUT2D eigenvalue weighted by Gasteiger charge is -2.16. The highest BCUT2D eigenvalue weighted by Crippen LogP contribution is 2.37. The molecule has 0 saturated carbocycles. The third-order valence-electron chi connectivity index (χ3n) is 2.64. The van der Waals surface area contributed by atoms with Crippen LogP contribution in [0.25, 0.3) is 0 Å². The van der Waals surface area contributed by atoms with Crippen LogP contribution in [-0.2, 0) is 0 Å². The van der Waals surface area contributed by atoms with Crippen molar-refractivity contribution in [2.75, 3.05) is 11.1 Å². The summed E-state index contributed by atoms with van der Waals surface area (Å²) in [5.74, 6) is 0. The Kier molecular flexibility index (Phi) is 4.20. The Labute approximate surface area is 128 Å². The van der Waals surface area contributed by atoms with Crippen LogP contribution in [0.15, 0.2) is 39.3 Å². The van der Waals surface area contributed by atoms with Crippen LogP contribution in [-0.4, -0.2) is 0 Å². The molecule has 3 N–H and O–H groups in total. The normalized spacial score (nSPS) is 10.4. The van der Waals surface area contributed by atoms with Crippen LogP contribution in [0.1, 0.15) is 5.56 Å². The lowest BCUT2D eigenvalue weighted by Crippen LogP contribution is -2.00. The van der Waals surface area contributed by atoms with Gasteiger partial charge in [-0.25, -0.2) is 0 Å². The first-order valence-electron chi connectivity index (χ1n) is 5.26. The lowest BCUT2D eigenvalue weighted by atomic mass is 10.1. The van der Waals surface area contributed by atoms with Gasteiger partial charge in [-0.2, -0.15) is 0 Å². The molecule has 2 nitrogen and oxygen atoms in total. The first kappa shape index (κ1) is 13.7. The molecule has 2 aromatic rings. The molecule has 0 aromatic heterocycles. The van der Waals surface area contributed by atoms with Gasteiger partial charge in [0.25, 0.3) is 0 Å². The van der Waals surface area contributed by atoms with Crippen LogP contribution in [0.4, 0.5) is 17.1 Å². The van der Waals surface area contributed by atoms with Crippen molar-refractivity contribution in [1.82, 2.24) is 0 Å². The zero-order valence-corrected chi connectivity index (χ0v) is 13.5. The second kappa shape index (κ2) is 5.51. The summed E-state index contributed by atoms with van der Waals surface area (Å²) in [6.45, 7) is 1.94. The number of nitrogen functional groups attached to an aromatic ring is 1. The van der Waals surface area contributed by atoms with E-state index in [1.54, 1.807) is 12.1 Å². The molecule has 0 amide bonds. The number of para-hydroxylation sites is 1. The van der Waals surface area contributed by atoms with Crippen molar-refractivity contribution >= 4 is 60.5 Å². The topological polar surface area (TPSA) is 38.0 Å². The number of anilines is 3. The van der Waals surface area contributed by atoms with E-state index < -0.39 is 0 Å². The molecule has 0 saturated heterocycles. The van der Waals surface area contributed by atoms with Crippen LogP contribution in [0.2, 0.25) is 5.02 Å². The van der Waals surface area contributed by atoms with Crippen molar-refractivity contribution in [3.63, 3.8) is 0 Å². The zero-order chi connectivity index (χ0) is 13.3. The Hall–Kier alpha value is -0.710. The Bertz CT molecular complexity index is 580. The van der Waals surface area contributed by atoms with E-state index in [4.69, 9.17) is 17.3 Å². The number of rotatable bonds is 2. The molecule has 2 rings (SSSR count). The fourth-order valence-corrected chi connectivity index (χ4v) is 2.97. The monoisotopic (exact) mass is 388 g/mol. The van der Waals surface area contributed by atoms with Crippen molar-refractivity contribution in [2.24, 2.45) is 0 Å². The van der Waals surface area contributed by atoms with Crippen molar-refractivity contribution in [3.05, 3.63) is 49.9 Å². The maximum atomic E-state index is 6.11. The minimum absolute atomic E-state index is 0.666. The van der Waals surface area contributed by atoms with Crippen LogP contribution in [0.5, 0.6) is 0 Å². The Morgan fingerprint density at radius 1 is 1.06 bits per heavy atom. The van der Waals surface area contributed by atoms with Gasteiger partial charge in [-0.05, 0) is 68.6 Å². The second-order valence-corrected chi connectivity index (χ2v) is 5.97. The Balaban J connectivity index is 2.50. The molecular formula is C13H11Br2ClN2. The van der Waals surface area contributed by atoms with Gasteiger partial charge in [-0.3, -0.25) is 0 Å². The van der Waals surface area contributed by atoms with Gasteiger partial charge in [-0.15, -0.1) is 0 Å². The summed E-state index contributed by atoms with van der Waals surface area (Å²) in [6.07, 6.45) is 0. The van der Waals surface area contributed by atoms with Crippen molar-refractivity contribution in [2.45, 2.75) is 6.92 Å². The standard InChI is InChI=1S/C13H11Br2ClN2/c1-7-10(16)5-6-11(17)12(7)18-13-8(14)3-2-4-9(13)15/h2-6,18H,17H2,1H3. The van der Waals surface area contributed by atoms with Gasteiger partial charge in [0.1, 0.15) is 0 Å². The summed E-state index contributed by atoms with van der Waals surface area (Å²) in [5.41, 5.74) is 9.34. The highest BCUT2D eigenvalue weighted by Gasteiger charge is 2.10. The van der Waals surface area contributed by atoms with Crippen molar-refractivity contribution in [3.8, 4) is 0 Å². The number of benzene rings is 2. The quantitative estimate of drug-likeness (QED) is 0.665. The predicted molar refractivity (Wildman–Crippen MR) is 85.7 cm³/mol. The van der Waals surface area contributed by atoms with E-state index in [2.05, 4.69) is 37.2 Å². The lowest BCUT2D eigenvalue weighted by molar-refractivity contribution is 1.42. The molecule has 0 aliphatic carbocycles. The summed E-state index contributed by atoms with van der Waals surface area (Å²) in [4.78, 5) is 0. The number of hydrogen-bond donors (Lipinski definition) is 2. The molecule has 5 heteroatoms. The number of nitrogens with two attached hydrogens (primary N) is 1. The highest BCUT2D eigenvalue weighted by atomic mass is 79.9. The van der Waals surface area contributed by atoms with Gasteiger partial charge >= 0.3 is 0 Å². The molecule has 0 spiro atoms. The molecule has 0 radical (unpaired) electrons. The zero-order valence-electron chi connectivity index (χ0n) is 9.60. The van der Waals surface area contributed by atoms with E-state index in [0.717, 1.165) is 25.9 Å². The fourth-order valence-electron chi connectivity index (χ4n) is 1.62. The molecule has 0 fully saturated rings. The van der Waals surface area contributed by atoms with Gasteiger partial charge in [-0.1, -0.05) is 17.7 Å². The minimum Gasteiger partial charge on any atom is -0.397 e. The third-order valence-corrected chi connectivity index (χ3v) is 4.38. The smallest absolute Gasteiger partial charge is 0.0673 e. The maximum absolute atomic E-state index is 6.11. The minimum atomic E-state index is 0.666. The highest BCUT2D eigenvalue weighted by molar-refractivity contribution is 9.11. The van der Waals surface area contributed by atoms with E-state index in [0.29, 0.717) is 10.7 Å². The summed E-state index contributed by atoms with van der Waals surface area (Å²) in [6, 6.07) is 9.47. The molecule has 18 heavy (non-hydrogen) atoms. The molecule has 0 bridgehead atoms. The molecule has 0 aliphatic heterocycles. The van der Waals surface area contributed by atoms with Crippen molar-refractivity contribution < 1.29 is 0 Å². The summed E-state index contributed by atoms with van der Waals surface area (Å²) in [7, 11) is 0. The molecular weight excluding hydrogens is 379 g/mol. The second-order valence-electron chi connectivity index (χ2n) is 3.86. The predicted octanol–water partition coefficient (Wildman–Crippen LogP) is 5.50. The van der Waals surface area contributed by atoms with Gasteiger partial charge < -0.3 is 11.1 Å². The van der Waals surface area contributed by atoms with Gasteiger partial charge in [0.2, 0.25) is 0 Å². The third kappa shape index (κ3) is 2.66. The van der Waals surface area contributed by atoms with Crippen molar-refractivity contribution in [1.29, 1.82) is 0 Å². The SMILES string of the molecule is Cc1c(Cl)ccc(N)c1Nc1c(Br)cccc1Br. The fraction of sp³-hybridized carbons (Fsp3) is 0.0769. The van der Waals surface area contributed by atoms with E-state index >= 15 is 0 Å². The number of nitrogens with one attached hydrogen (secondary N) is 1. The van der Waals surface area contributed by atoms with Crippen LogP contribution in [0, 0.1) is 6.92 Å². The Morgan fingerprint density at radius 2 is 1.67 bits per heavy atom. The largest absolute Gasteiger partial charge is 0.397 e. The first-order valence-corrected chi connectivity index (χ1v) is 7.22. The molecule has 0 atom stereocenters. The van der Waals surface area contributed by atoms with Crippen LogP contribution < -0.4 is 11.1 Å². The molecule has 2 aromatic carbocycles. The summed E-state index contributed by atoms with van der Waals surface area (Å²) < 4.78 is 1.91.